The first kappa shape index (κ1) is 12.9. The van der Waals surface area contributed by atoms with Crippen LogP contribution in [-0.2, 0) is 5.75 Å². The number of nitrogens with one attached hydrogen (secondary N) is 1. The van der Waals surface area contributed by atoms with Crippen molar-refractivity contribution in [2.75, 3.05) is 0 Å². The fraction of sp³-hybridized carbons (Fsp3) is 0.0769. The minimum atomic E-state index is -0.00893. The summed E-state index contributed by atoms with van der Waals surface area (Å²) in [7, 11) is 0. The summed E-state index contributed by atoms with van der Waals surface area (Å²) in [5.74, 6) is 0.678. The molecule has 0 aliphatic rings. The van der Waals surface area contributed by atoms with Crippen molar-refractivity contribution in [2.24, 2.45) is 5.73 Å². The molecule has 1 heterocycles. The van der Waals surface area contributed by atoms with Crippen molar-refractivity contribution in [3.63, 3.8) is 0 Å². The number of amidine groups is 1. The van der Waals surface area contributed by atoms with Gasteiger partial charge in [-0.25, -0.2) is 0 Å². The average molecular weight is 278 g/mol. The summed E-state index contributed by atoms with van der Waals surface area (Å²) in [5.41, 5.74) is 6.98. The van der Waals surface area contributed by atoms with Gasteiger partial charge < -0.3 is 5.73 Å². The number of aromatic nitrogens is 1. The first-order valence-corrected chi connectivity index (χ1v) is 6.70. The summed E-state index contributed by atoms with van der Waals surface area (Å²) in [4.78, 5) is 5.13. The zero-order valence-electron chi connectivity index (χ0n) is 9.56. The topological polar surface area (TPSA) is 62.8 Å². The minimum absolute atomic E-state index is 0.00893. The molecule has 5 heteroatoms. The van der Waals surface area contributed by atoms with Crippen LogP contribution in [0.15, 0.2) is 47.5 Å². The molecular formula is C13H12ClN3S. The monoisotopic (exact) mass is 277 g/mol. The van der Waals surface area contributed by atoms with E-state index >= 15 is 0 Å². The first-order chi connectivity index (χ1) is 8.68. The van der Waals surface area contributed by atoms with Gasteiger partial charge in [-0.3, -0.25) is 10.4 Å². The Bertz CT molecular complexity index is 572. The maximum absolute atomic E-state index is 7.48. The fourth-order valence-corrected chi connectivity index (χ4v) is 2.74. The molecule has 0 amide bonds. The second kappa shape index (κ2) is 5.89. The van der Waals surface area contributed by atoms with E-state index in [4.69, 9.17) is 22.7 Å². The van der Waals surface area contributed by atoms with Gasteiger partial charge in [-0.2, -0.15) is 0 Å². The smallest absolute Gasteiger partial charge is 0.142 e. The number of nitrogens with two attached hydrogens (primary N) is 1. The highest BCUT2D eigenvalue weighted by molar-refractivity contribution is 7.98. The van der Waals surface area contributed by atoms with Crippen LogP contribution >= 0.6 is 23.4 Å². The Hall–Kier alpha value is -1.52. The van der Waals surface area contributed by atoms with Gasteiger partial charge in [0.2, 0.25) is 0 Å². The highest BCUT2D eigenvalue weighted by atomic mass is 35.5. The SMILES string of the molecule is N=C(N)c1ncccc1CSc1ccccc1Cl. The summed E-state index contributed by atoms with van der Waals surface area (Å²) >= 11 is 7.70. The molecule has 18 heavy (non-hydrogen) atoms. The van der Waals surface area contributed by atoms with Gasteiger partial charge >= 0.3 is 0 Å². The molecular weight excluding hydrogens is 266 g/mol. The Kier molecular flexibility index (Phi) is 4.23. The van der Waals surface area contributed by atoms with Crippen molar-refractivity contribution >= 4 is 29.2 Å². The number of benzene rings is 1. The van der Waals surface area contributed by atoms with Crippen molar-refractivity contribution in [3.8, 4) is 0 Å². The van der Waals surface area contributed by atoms with Gasteiger partial charge in [0.15, 0.2) is 0 Å². The van der Waals surface area contributed by atoms with E-state index in [1.165, 1.54) is 0 Å². The molecule has 0 atom stereocenters. The van der Waals surface area contributed by atoms with Crippen molar-refractivity contribution < 1.29 is 0 Å². The highest BCUT2D eigenvalue weighted by Crippen LogP contribution is 2.29. The number of rotatable bonds is 4. The van der Waals surface area contributed by atoms with Gasteiger partial charge in [-0.05, 0) is 23.8 Å². The van der Waals surface area contributed by atoms with Crippen molar-refractivity contribution in [1.29, 1.82) is 5.41 Å². The summed E-state index contributed by atoms with van der Waals surface area (Å²) in [6, 6.07) is 11.4. The van der Waals surface area contributed by atoms with Crippen molar-refractivity contribution in [1.82, 2.24) is 4.98 Å². The quantitative estimate of drug-likeness (QED) is 0.512. The molecule has 0 saturated heterocycles. The normalized spacial score (nSPS) is 10.3. The van der Waals surface area contributed by atoms with E-state index in [1.54, 1.807) is 18.0 Å². The van der Waals surface area contributed by atoms with Crippen LogP contribution in [0.25, 0.3) is 0 Å². The van der Waals surface area contributed by atoms with E-state index in [9.17, 15) is 0 Å². The van der Waals surface area contributed by atoms with E-state index in [0.29, 0.717) is 11.4 Å². The third kappa shape index (κ3) is 3.03. The van der Waals surface area contributed by atoms with Crippen molar-refractivity contribution in [3.05, 3.63) is 58.9 Å². The van der Waals surface area contributed by atoms with Gasteiger partial charge in [-0.1, -0.05) is 29.8 Å². The molecule has 3 N–H and O–H groups in total. The van der Waals surface area contributed by atoms with Gasteiger partial charge in [-0.15, -0.1) is 11.8 Å². The lowest BCUT2D eigenvalue weighted by atomic mass is 10.2. The van der Waals surface area contributed by atoms with Crippen LogP contribution in [0.5, 0.6) is 0 Å². The number of halogens is 1. The zero-order chi connectivity index (χ0) is 13.0. The molecule has 2 rings (SSSR count). The lowest BCUT2D eigenvalue weighted by Gasteiger charge is -2.07. The van der Waals surface area contributed by atoms with E-state index in [0.717, 1.165) is 15.5 Å². The van der Waals surface area contributed by atoms with Crippen LogP contribution in [0.1, 0.15) is 11.3 Å². The molecule has 92 valence electrons. The summed E-state index contributed by atoms with van der Waals surface area (Å²) < 4.78 is 0. The van der Waals surface area contributed by atoms with Gasteiger partial charge in [0.1, 0.15) is 11.5 Å². The van der Waals surface area contributed by atoms with Crippen LogP contribution in [0.2, 0.25) is 5.02 Å². The summed E-state index contributed by atoms with van der Waals surface area (Å²) in [6.45, 7) is 0. The number of hydrogen-bond donors (Lipinski definition) is 2. The van der Waals surface area contributed by atoms with E-state index in [-0.39, 0.29) is 5.84 Å². The Labute approximate surface area is 115 Å². The molecule has 0 fully saturated rings. The molecule has 2 aromatic rings. The standard InChI is InChI=1S/C13H12ClN3S/c14-10-5-1-2-6-11(10)18-8-9-4-3-7-17-12(9)13(15)16/h1-7H,8H2,(H3,15,16). The average Bonchev–Trinajstić information content (AvgIpc) is 2.38. The number of thioether (sulfide) groups is 1. The zero-order valence-corrected chi connectivity index (χ0v) is 11.1. The van der Waals surface area contributed by atoms with Crippen LogP contribution in [0.4, 0.5) is 0 Å². The molecule has 0 aliphatic heterocycles. The number of pyridine rings is 1. The van der Waals surface area contributed by atoms with E-state index < -0.39 is 0 Å². The second-order valence-electron chi connectivity index (χ2n) is 3.64. The molecule has 0 saturated carbocycles. The predicted octanol–water partition coefficient (Wildman–Crippen LogP) is 3.31. The first-order valence-electron chi connectivity index (χ1n) is 5.34. The molecule has 3 nitrogen and oxygen atoms in total. The van der Waals surface area contributed by atoms with Gasteiger partial charge in [0.05, 0.1) is 5.02 Å². The Morgan fingerprint density at radius 3 is 2.78 bits per heavy atom. The second-order valence-corrected chi connectivity index (χ2v) is 5.07. The van der Waals surface area contributed by atoms with E-state index in [1.807, 2.05) is 36.4 Å². The minimum Gasteiger partial charge on any atom is -0.382 e. The predicted molar refractivity (Wildman–Crippen MR) is 76.3 cm³/mol. The largest absolute Gasteiger partial charge is 0.382 e. The molecule has 0 radical (unpaired) electrons. The maximum Gasteiger partial charge on any atom is 0.142 e. The molecule has 1 aromatic carbocycles. The Morgan fingerprint density at radius 2 is 2.06 bits per heavy atom. The summed E-state index contributed by atoms with van der Waals surface area (Å²) in [6.07, 6.45) is 1.64. The maximum atomic E-state index is 7.48. The Morgan fingerprint density at radius 1 is 1.28 bits per heavy atom. The molecule has 0 spiro atoms. The molecule has 0 unspecified atom stereocenters. The number of nitrogen functional groups attached to an aromatic ring is 1. The lowest BCUT2D eigenvalue weighted by Crippen LogP contribution is -2.15. The van der Waals surface area contributed by atoms with Gasteiger partial charge in [0.25, 0.3) is 0 Å². The van der Waals surface area contributed by atoms with Crippen LogP contribution in [-0.4, -0.2) is 10.8 Å². The molecule has 0 bridgehead atoms. The Balaban J connectivity index is 2.16. The van der Waals surface area contributed by atoms with Crippen molar-refractivity contribution in [2.45, 2.75) is 10.6 Å². The van der Waals surface area contributed by atoms with Crippen LogP contribution in [0, 0.1) is 5.41 Å². The van der Waals surface area contributed by atoms with E-state index in [2.05, 4.69) is 4.98 Å². The number of hydrogen-bond acceptors (Lipinski definition) is 3. The summed E-state index contributed by atoms with van der Waals surface area (Å²) in [5, 5.41) is 8.21. The highest BCUT2D eigenvalue weighted by Gasteiger charge is 2.07. The lowest BCUT2D eigenvalue weighted by molar-refractivity contribution is 1.19. The van der Waals surface area contributed by atoms with Gasteiger partial charge in [0, 0.05) is 16.8 Å². The third-order valence-corrected chi connectivity index (χ3v) is 3.93. The number of nitrogens with zero attached hydrogens (tertiary/aromatic N) is 1. The third-order valence-electron chi connectivity index (χ3n) is 2.37. The van der Waals surface area contributed by atoms with Crippen LogP contribution in [0.3, 0.4) is 0 Å². The van der Waals surface area contributed by atoms with Crippen LogP contribution < -0.4 is 5.73 Å². The molecule has 1 aromatic heterocycles. The fourth-order valence-electron chi connectivity index (χ4n) is 1.51. The molecule has 0 aliphatic carbocycles.